The van der Waals surface area contributed by atoms with Crippen LogP contribution in [0.25, 0.3) is 22.4 Å². The third kappa shape index (κ3) is 2.38. The number of hydrogen-bond donors (Lipinski definition) is 1. The van der Waals surface area contributed by atoms with Crippen LogP contribution in [0.1, 0.15) is 25.5 Å². The molecule has 0 radical (unpaired) electrons. The summed E-state index contributed by atoms with van der Waals surface area (Å²) in [6, 6.07) is 11.5. The van der Waals surface area contributed by atoms with Crippen molar-refractivity contribution in [3.8, 4) is 17.1 Å². The van der Waals surface area contributed by atoms with Gasteiger partial charge in [0, 0.05) is 11.1 Å². The molecule has 1 heterocycles. The van der Waals surface area contributed by atoms with Crippen molar-refractivity contribution in [2.75, 3.05) is 0 Å². The lowest BCUT2D eigenvalue weighted by molar-refractivity contribution is 0.476. The summed E-state index contributed by atoms with van der Waals surface area (Å²) in [6.45, 7) is 6.21. The highest BCUT2D eigenvalue weighted by Gasteiger charge is 2.17. The Bertz CT molecular complexity index is 821. The molecule has 3 rings (SSSR count). The Balaban J connectivity index is 2.36. The van der Waals surface area contributed by atoms with Gasteiger partial charge in [-0.05, 0) is 51.1 Å². The second-order valence-electron chi connectivity index (χ2n) is 5.55. The van der Waals surface area contributed by atoms with Gasteiger partial charge in [-0.15, -0.1) is 0 Å². The maximum absolute atomic E-state index is 10.2. The number of aromatic nitrogens is 2. The van der Waals surface area contributed by atoms with Crippen LogP contribution in [0.2, 0.25) is 5.02 Å². The van der Waals surface area contributed by atoms with Gasteiger partial charge < -0.3 is 9.67 Å². The van der Waals surface area contributed by atoms with Crippen molar-refractivity contribution >= 4 is 22.6 Å². The van der Waals surface area contributed by atoms with Gasteiger partial charge in [-0.3, -0.25) is 0 Å². The fraction of sp³-hybridized carbons (Fsp3) is 0.235. The van der Waals surface area contributed by atoms with Crippen molar-refractivity contribution in [1.82, 2.24) is 9.55 Å². The summed E-state index contributed by atoms with van der Waals surface area (Å²) in [6.07, 6.45) is 0. The number of halogens is 1. The van der Waals surface area contributed by atoms with E-state index in [0.717, 1.165) is 28.0 Å². The first-order valence-corrected chi connectivity index (χ1v) is 7.32. The zero-order valence-electron chi connectivity index (χ0n) is 12.3. The van der Waals surface area contributed by atoms with Crippen LogP contribution in [0.15, 0.2) is 36.4 Å². The van der Waals surface area contributed by atoms with Gasteiger partial charge in [0.2, 0.25) is 0 Å². The Morgan fingerprint density at radius 1 is 1.14 bits per heavy atom. The van der Waals surface area contributed by atoms with E-state index in [9.17, 15) is 5.11 Å². The molecule has 3 aromatic rings. The third-order valence-electron chi connectivity index (χ3n) is 3.56. The van der Waals surface area contributed by atoms with E-state index in [2.05, 4.69) is 23.4 Å². The predicted molar refractivity (Wildman–Crippen MR) is 87.0 cm³/mol. The molecular formula is C17H17ClN2O. The lowest BCUT2D eigenvalue weighted by Gasteiger charge is -2.14. The van der Waals surface area contributed by atoms with Gasteiger partial charge in [0.25, 0.3) is 0 Å². The van der Waals surface area contributed by atoms with E-state index in [1.54, 1.807) is 6.07 Å². The van der Waals surface area contributed by atoms with Crippen LogP contribution in [-0.4, -0.2) is 14.7 Å². The second kappa shape index (κ2) is 5.08. The molecule has 0 aliphatic heterocycles. The van der Waals surface area contributed by atoms with Crippen molar-refractivity contribution in [1.29, 1.82) is 0 Å². The van der Waals surface area contributed by atoms with Gasteiger partial charge in [0.15, 0.2) is 0 Å². The fourth-order valence-corrected chi connectivity index (χ4v) is 2.78. The monoisotopic (exact) mass is 300 g/mol. The molecule has 0 saturated carbocycles. The molecule has 4 heteroatoms. The highest BCUT2D eigenvalue weighted by molar-refractivity contribution is 6.31. The van der Waals surface area contributed by atoms with Crippen LogP contribution in [0.5, 0.6) is 5.75 Å². The van der Waals surface area contributed by atoms with E-state index in [1.165, 1.54) is 0 Å². The Hall–Kier alpha value is -2.00. The normalized spacial score (nSPS) is 11.5. The van der Waals surface area contributed by atoms with Crippen LogP contribution >= 0.6 is 11.6 Å². The topological polar surface area (TPSA) is 38.1 Å². The number of phenolic OH excluding ortho intramolecular Hbond substituents is 1. The minimum absolute atomic E-state index is 0.228. The van der Waals surface area contributed by atoms with Gasteiger partial charge >= 0.3 is 0 Å². The smallest absolute Gasteiger partial charge is 0.145 e. The second-order valence-corrected chi connectivity index (χ2v) is 5.99. The summed E-state index contributed by atoms with van der Waals surface area (Å²) in [4.78, 5) is 4.69. The Kier molecular flexibility index (Phi) is 3.38. The van der Waals surface area contributed by atoms with Gasteiger partial charge in [0.05, 0.1) is 16.6 Å². The first-order valence-electron chi connectivity index (χ1n) is 6.95. The molecule has 1 aromatic heterocycles. The average Bonchev–Trinajstić information content (AvgIpc) is 2.79. The molecule has 0 amide bonds. The van der Waals surface area contributed by atoms with Crippen LogP contribution < -0.4 is 0 Å². The molecule has 0 aliphatic carbocycles. The molecule has 108 valence electrons. The number of nitrogens with zero attached hydrogens (tertiary/aromatic N) is 2. The minimum Gasteiger partial charge on any atom is -0.507 e. The molecule has 0 aliphatic rings. The first-order chi connectivity index (χ1) is 9.97. The summed E-state index contributed by atoms with van der Waals surface area (Å²) in [5, 5.41) is 10.9. The zero-order chi connectivity index (χ0) is 15.1. The summed E-state index contributed by atoms with van der Waals surface area (Å²) < 4.78 is 2.13. The minimum atomic E-state index is 0.228. The number of fused-ring (bicyclic) bond motifs is 1. The van der Waals surface area contributed by atoms with E-state index in [-0.39, 0.29) is 11.8 Å². The molecule has 3 nitrogen and oxygen atoms in total. The molecule has 0 unspecified atom stereocenters. The summed E-state index contributed by atoms with van der Waals surface area (Å²) in [7, 11) is 0. The molecular weight excluding hydrogens is 284 g/mol. The first kappa shape index (κ1) is 14.0. The van der Waals surface area contributed by atoms with E-state index >= 15 is 0 Å². The number of aromatic hydroxyl groups is 1. The quantitative estimate of drug-likeness (QED) is 0.727. The van der Waals surface area contributed by atoms with Crippen molar-refractivity contribution < 1.29 is 5.11 Å². The van der Waals surface area contributed by atoms with Gasteiger partial charge in [-0.25, -0.2) is 4.98 Å². The van der Waals surface area contributed by atoms with Crippen LogP contribution in [0.3, 0.4) is 0 Å². The number of hydrogen-bond acceptors (Lipinski definition) is 2. The zero-order valence-corrected chi connectivity index (χ0v) is 13.0. The molecule has 0 spiro atoms. The van der Waals surface area contributed by atoms with Crippen molar-refractivity contribution in [2.24, 2.45) is 0 Å². The van der Waals surface area contributed by atoms with E-state index in [1.807, 2.05) is 37.3 Å². The Labute approximate surface area is 128 Å². The predicted octanol–water partition coefficient (Wildman–Crippen LogP) is 4.95. The van der Waals surface area contributed by atoms with E-state index in [4.69, 9.17) is 11.6 Å². The highest BCUT2D eigenvalue weighted by atomic mass is 35.5. The molecule has 1 N–H and O–H groups in total. The molecule has 0 saturated heterocycles. The Morgan fingerprint density at radius 2 is 1.90 bits per heavy atom. The fourth-order valence-electron chi connectivity index (χ4n) is 2.61. The largest absolute Gasteiger partial charge is 0.507 e. The van der Waals surface area contributed by atoms with E-state index in [0.29, 0.717) is 5.02 Å². The van der Waals surface area contributed by atoms with Crippen LogP contribution in [-0.2, 0) is 0 Å². The standard InChI is InChI=1S/C17H17ClN2O/c1-10(2)20-15-6-5-12(18)9-14(15)19-17(20)13-8-11(3)4-7-16(13)21/h4-10,21H,1-3H3. The van der Waals surface area contributed by atoms with E-state index < -0.39 is 0 Å². The maximum Gasteiger partial charge on any atom is 0.145 e. The third-order valence-corrected chi connectivity index (χ3v) is 3.80. The molecule has 0 atom stereocenters. The van der Waals surface area contributed by atoms with Crippen molar-refractivity contribution in [3.63, 3.8) is 0 Å². The molecule has 0 fully saturated rings. The summed E-state index contributed by atoms with van der Waals surface area (Å²) in [5.41, 5.74) is 3.69. The Morgan fingerprint density at radius 3 is 2.62 bits per heavy atom. The number of imidazole rings is 1. The maximum atomic E-state index is 10.2. The average molecular weight is 301 g/mol. The highest BCUT2D eigenvalue weighted by Crippen LogP contribution is 2.34. The number of aryl methyl sites for hydroxylation is 1. The molecule has 0 bridgehead atoms. The van der Waals surface area contributed by atoms with Crippen molar-refractivity contribution in [2.45, 2.75) is 26.8 Å². The van der Waals surface area contributed by atoms with Gasteiger partial charge in [-0.1, -0.05) is 23.2 Å². The summed E-state index contributed by atoms with van der Waals surface area (Å²) in [5.74, 6) is 1.01. The molecule has 21 heavy (non-hydrogen) atoms. The number of rotatable bonds is 2. The lowest BCUT2D eigenvalue weighted by atomic mass is 10.1. The van der Waals surface area contributed by atoms with Crippen molar-refractivity contribution in [3.05, 3.63) is 47.0 Å². The van der Waals surface area contributed by atoms with Crippen LogP contribution in [0.4, 0.5) is 0 Å². The summed E-state index contributed by atoms with van der Waals surface area (Å²) >= 11 is 6.06. The van der Waals surface area contributed by atoms with Gasteiger partial charge in [0.1, 0.15) is 11.6 Å². The molecule has 2 aromatic carbocycles. The van der Waals surface area contributed by atoms with Crippen LogP contribution in [0, 0.1) is 6.92 Å². The lowest BCUT2D eigenvalue weighted by Crippen LogP contribution is -2.03. The number of benzene rings is 2. The number of phenols is 1. The van der Waals surface area contributed by atoms with Gasteiger partial charge in [-0.2, -0.15) is 0 Å². The SMILES string of the molecule is Cc1ccc(O)c(-c2nc3cc(Cl)ccc3n2C(C)C)c1.